The van der Waals surface area contributed by atoms with Crippen LogP contribution in [0.1, 0.15) is 24.2 Å². The Hall–Kier alpha value is -2.86. The minimum absolute atomic E-state index is 0.0445. The van der Waals surface area contributed by atoms with E-state index in [2.05, 4.69) is 4.90 Å². The molecule has 30 heavy (non-hydrogen) atoms. The molecule has 1 aliphatic rings. The molecule has 2 amide bonds. The molecule has 1 fully saturated rings. The standard InChI is InChI=1S/C24H32N4O2/c1-4-27(5-2)23(29)19-26-15-17-28(18-16-26)24(30)21-13-9-10-14-22(21)25(3)20-11-7-6-8-12-20/h6-14H,4-5,15-19H2,1-3H3. The average molecular weight is 409 g/mol. The predicted octanol–water partition coefficient (Wildman–Crippen LogP) is 3.08. The lowest BCUT2D eigenvalue weighted by Gasteiger charge is -2.36. The second kappa shape index (κ2) is 10.3. The van der Waals surface area contributed by atoms with Crippen molar-refractivity contribution in [1.82, 2.24) is 14.7 Å². The summed E-state index contributed by atoms with van der Waals surface area (Å²) in [6, 6.07) is 17.8. The van der Waals surface area contributed by atoms with Crippen molar-refractivity contribution in [3.8, 4) is 0 Å². The molecular weight excluding hydrogens is 376 g/mol. The molecule has 0 aromatic heterocycles. The number of likely N-dealkylation sites (N-methyl/N-ethyl adjacent to an activating group) is 1. The summed E-state index contributed by atoms with van der Waals surface area (Å²) in [6.07, 6.45) is 0. The Morgan fingerprint density at radius 2 is 1.47 bits per heavy atom. The van der Waals surface area contributed by atoms with Crippen LogP contribution in [0.15, 0.2) is 54.6 Å². The number of hydrogen-bond donors (Lipinski definition) is 0. The molecule has 1 heterocycles. The number of para-hydroxylation sites is 2. The molecule has 0 atom stereocenters. The summed E-state index contributed by atoms with van der Waals surface area (Å²) in [5.74, 6) is 0.206. The largest absolute Gasteiger partial charge is 0.344 e. The van der Waals surface area contributed by atoms with E-state index in [0.717, 1.165) is 37.6 Å². The van der Waals surface area contributed by atoms with Gasteiger partial charge in [-0.15, -0.1) is 0 Å². The third-order valence-electron chi connectivity index (χ3n) is 5.77. The molecule has 0 radical (unpaired) electrons. The number of anilines is 2. The summed E-state index contributed by atoms with van der Waals surface area (Å²) in [5, 5.41) is 0. The van der Waals surface area contributed by atoms with Crippen molar-refractivity contribution >= 4 is 23.2 Å². The van der Waals surface area contributed by atoms with E-state index < -0.39 is 0 Å². The lowest BCUT2D eigenvalue weighted by atomic mass is 10.1. The van der Waals surface area contributed by atoms with Crippen LogP contribution in [-0.4, -0.2) is 79.4 Å². The molecule has 2 aromatic carbocycles. The molecule has 0 bridgehead atoms. The highest BCUT2D eigenvalue weighted by Gasteiger charge is 2.26. The van der Waals surface area contributed by atoms with Crippen LogP contribution in [0.25, 0.3) is 0 Å². The van der Waals surface area contributed by atoms with E-state index in [9.17, 15) is 9.59 Å². The molecule has 0 N–H and O–H groups in total. The van der Waals surface area contributed by atoms with Crippen LogP contribution in [0.4, 0.5) is 11.4 Å². The zero-order chi connectivity index (χ0) is 21.5. The number of rotatable bonds is 7. The van der Waals surface area contributed by atoms with Crippen molar-refractivity contribution in [2.75, 3.05) is 57.8 Å². The first-order valence-corrected chi connectivity index (χ1v) is 10.7. The van der Waals surface area contributed by atoms with E-state index in [4.69, 9.17) is 0 Å². The Morgan fingerprint density at radius 1 is 0.867 bits per heavy atom. The summed E-state index contributed by atoms with van der Waals surface area (Å²) in [5.41, 5.74) is 2.64. The summed E-state index contributed by atoms with van der Waals surface area (Å²) in [4.78, 5) is 33.6. The van der Waals surface area contributed by atoms with Crippen molar-refractivity contribution in [3.05, 3.63) is 60.2 Å². The third-order valence-corrected chi connectivity index (χ3v) is 5.77. The molecule has 6 nitrogen and oxygen atoms in total. The van der Waals surface area contributed by atoms with Gasteiger partial charge < -0.3 is 14.7 Å². The molecule has 6 heteroatoms. The second-order valence-electron chi connectivity index (χ2n) is 7.55. The molecular formula is C24H32N4O2. The molecule has 0 saturated carbocycles. The van der Waals surface area contributed by atoms with Crippen molar-refractivity contribution in [3.63, 3.8) is 0 Å². The van der Waals surface area contributed by atoms with E-state index in [1.807, 2.05) is 90.2 Å². The number of carbonyl (C=O) groups is 2. The molecule has 1 aliphatic heterocycles. The third kappa shape index (κ3) is 5.00. The Labute approximate surface area is 179 Å². The SMILES string of the molecule is CCN(CC)C(=O)CN1CCN(C(=O)c2ccccc2N(C)c2ccccc2)CC1. The molecule has 2 aromatic rings. The first-order chi connectivity index (χ1) is 14.5. The van der Waals surface area contributed by atoms with Gasteiger partial charge in [0.15, 0.2) is 0 Å². The highest BCUT2D eigenvalue weighted by Crippen LogP contribution is 2.28. The maximum atomic E-state index is 13.3. The fourth-order valence-electron chi connectivity index (χ4n) is 3.88. The van der Waals surface area contributed by atoms with Crippen LogP contribution in [0.2, 0.25) is 0 Å². The molecule has 1 saturated heterocycles. The van der Waals surface area contributed by atoms with Crippen molar-refractivity contribution in [1.29, 1.82) is 0 Å². The van der Waals surface area contributed by atoms with Gasteiger partial charge in [0.2, 0.25) is 5.91 Å². The van der Waals surface area contributed by atoms with Crippen molar-refractivity contribution < 1.29 is 9.59 Å². The van der Waals surface area contributed by atoms with Crippen LogP contribution >= 0.6 is 0 Å². The van der Waals surface area contributed by atoms with Crippen LogP contribution in [0, 0.1) is 0 Å². The van der Waals surface area contributed by atoms with E-state index >= 15 is 0 Å². The quantitative estimate of drug-likeness (QED) is 0.706. The fourth-order valence-corrected chi connectivity index (χ4v) is 3.88. The molecule has 160 valence electrons. The van der Waals surface area contributed by atoms with Gasteiger partial charge in [-0.3, -0.25) is 14.5 Å². The number of benzene rings is 2. The lowest BCUT2D eigenvalue weighted by Crippen LogP contribution is -2.51. The zero-order valence-corrected chi connectivity index (χ0v) is 18.3. The Bertz CT molecular complexity index is 843. The van der Waals surface area contributed by atoms with Crippen molar-refractivity contribution in [2.24, 2.45) is 0 Å². The Morgan fingerprint density at radius 3 is 2.10 bits per heavy atom. The van der Waals surface area contributed by atoms with Gasteiger partial charge in [0, 0.05) is 52.0 Å². The number of piperazine rings is 1. The second-order valence-corrected chi connectivity index (χ2v) is 7.55. The van der Waals surface area contributed by atoms with Gasteiger partial charge in [-0.2, -0.15) is 0 Å². The first kappa shape index (κ1) is 21.8. The minimum Gasteiger partial charge on any atom is -0.344 e. The number of hydrogen-bond acceptors (Lipinski definition) is 4. The van der Waals surface area contributed by atoms with Gasteiger partial charge in [-0.1, -0.05) is 30.3 Å². The Balaban J connectivity index is 1.65. The monoisotopic (exact) mass is 408 g/mol. The Kier molecular flexibility index (Phi) is 7.46. The van der Waals surface area contributed by atoms with Crippen LogP contribution in [-0.2, 0) is 4.79 Å². The number of carbonyl (C=O) groups excluding carboxylic acids is 2. The van der Waals surface area contributed by atoms with Gasteiger partial charge in [-0.25, -0.2) is 0 Å². The summed E-state index contributed by atoms with van der Waals surface area (Å²) >= 11 is 0. The van der Waals surface area contributed by atoms with E-state index in [1.165, 1.54) is 0 Å². The van der Waals surface area contributed by atoms with Gasteiger partial charge in [0.25, 0.3) is 5.91 Å². The highest BCUT2D eigenvalue weighted by atomic mass is 16.2. The zero-order valence-electron chi connectivity index (χ0n) is 18.3. The molecule has 3 rings (SSSR count). The number of nitrogens with zero attached hydrogens (tertiary/aromatic N) is 4. The topological polar surface area (TPSA) is 47.1 Å². The van der Waals surface area contributed by atoms with Gasteiger partial charge in [-0.05, 0) is 38.1 Å². The van der Waals surface area contributed by atoms with Gasteiger partial charge >= 0.3 is 0 Å². The minimum atomic E-state index is 0.0445. The van der Waals surface area contributed by atoms with Gasteiger partial charge in [0.05, 0.1) is 17.8 Å². The fraction of sp³-hybridized carbons (Fsp3) is 0.417. The van der Waals surface area contributed by atoms with E-state index in [-0.39, 0.29) is 11.8 Å². The first-order valence-electron chi connectivity index (χ1n) is 10.7. The molecule has 0 unspecified atom stereocenters. The number of amides is 2. The maximum absolute atomic E-state index is 13.3. The van der Waals surface area contributed by atoms with Crippen molar-refractivity contribution in [2.45, 2.75) is 13.8 Å². The van der Waals surface area contributed by atoms with E-state index in [1.54, 1.807) is 0 Å². The van der Waals surface area contributed by atoms with Gasteiger partial charge in [0.1, 0.15) is 0 Å². The summed E-state index contributed by atoms with van der Waals surface area (Å²) < 4.78 is 0. The molecule has 0 aliphatic carbocycles. The summed E-state index contributed by atoms with van der Waals surface area (Å²) in [7, 11) is 1.98. The smallest absolute Gasteiger partial charge is 0.256 e. The normalized spacial score (nSPS) is 14.4. The lowest BCUT2D eigenvalue weighted by molar-refractivity contribution is -0.132. The summed E-state index contributed by atoms with van der Waals surface area (Å²) in [6.45, 7) is 8.60. The van der Waals surface area contributed by atoms with Crippen LogP contribution in [0.3, 0.4) is 0 Å². The van der Waals surface area contributed by atoms with E-state index in [0.29, 0.717) is 25.2 Å². The van der Waals surface area contributed by atoms with Crippen LogP contribution in [0.5, 0.6) is 0 Å². The highest BCUT2D eigenvalue weighted by molar-refractivity contribution is 6.00. The van der Waals surface area contributed by atoms with Crippen LogP contribution < -0.4 is 4.90 Å². The molecule has 0 spiro atoms. The maximum Gasteiger partial charge on any atom is 0.256 e. The average Bonchev–Trinajstić information content (AvgIpc) is 2.80. The predicted molar refractivity (Wildman–Crippen MR) is 121 cm³/mol.